The van der Waals surface area contributed by atoms with E-state index in [1.807, 2.05) is 19.1 Å². The Morgan fingerprint density at radius 3 is 2.47 bits per heavy atom. The Morgan fingerprint density at radius 1 is 1.35 bits per heavy atom. The van der Waals surface area contributed by atoms with Gasteiger partial charge in [0.25, 0.3) is 0 Å². The summed E-state index contributed by atoms with van der Waals surface area (Å²) in [6.07, 6.45) is 0.818. The third kappa shape index (κ3) is 4.26. The zero-order valence-electron chi connectivity index (χ0n) is 10.2. The van der Waals surface area contributed by atoms with Crippen LogP contribution in [0.1, 0.15) is 24.2 Å². The predicted molar refractivity (Wildman–Crippen MR) is 66.3 cm³/mol. The first-order chi connectivity index (χ1) is 8.17. The zero-order chi connectivity index (χ0) is 12.7. The molecule has 1 rings (SSSR count). The van der Waals surface area contributed by atoms with E-state index in [9.17, 15) is 9.59 Å². The summed E-state index contributed by atoms with van der Waals surface area (Å²) in [4.78, 5) is 23.3. The van der Waals surface area contributed by atoms with E-state index in [1.54, 1.807) is 12.1 Å². The fourth-order valence-corrected chi connectivity index (χ4v) is 1.53. The normalized spacial score (nSPS) is 9.76. The average Bonchev–Trinajstić information content (AvgIpc) is 2.34. The lowest BCUT2D eigenvalue weighted by atomic mass is 10.2. The smallest absolute Gasteiger partial charge is 0.302 e. The minimum atomic E-state index is -0.266. The van der Waals surface area contributed by atoms with Gasteiger partial charge in [-0.25, -0.2) is 0 Å². The fourth-order valence-electron chi connectivity index (χ4n) is 1.53. The van der Waals surface area contributed by atoms with Crippen LogP contribution in [0.2, 0.25) is 0 Å². The summed E-state index contributed by atoms with van der Waals surface area (Å²) in [6, 6.07) is 7.33. The van der Waals surface area contributed by atoms with E-state index in [1.165, 1.54) is 6.92 Å². The number of esters is 1. The highest BCUT2D eigenvalue weighted by Crippen LogP contribution is 2.14. The van der Waals surface area contributed by atoms with Crippen LogP contribution in [0.5, 0.6) is 0 Å². The van der Waals surface area contributed by atoms with Gasteiger partial charge >= 0.3 is 5.97 Å². The van der Waals surface area contributed by atoms with Crippen molar-refractivity contribution < 1.29 is 14.3 Å². The van der Waals surface area contributed by atoms with Crippen LogP contribution in [0, 0.1) is 0 Å². The average molecular weight is 235 g/mol. The van der Waals surface area contributed by atoms with Gasteiger partial charge in [0.2, 0.25) is 0 Å². The molecule has 0 saturated carbocycles. The topological polar surface area (TPSA) is 46.6 Å². The van der Waals surface area contributed by atoms with Crippen molar-refractivity contribution in [1.82, 2.24) is 0 Å². The van der Waals surface area contributed by atoms with Gasteiger partial charge in [0.15, 0.2) is 0 Å². The number of aldehydes is 1. The van der Waals surface area contributed by atoms with Crippen molar-refractivity contribution in [2.75, 3.05) is 24.6 Å². The van der Waals surface area contributed by atoms with E-state index < -0.39 is 0 Å². The third-order valence-corrected chi connectivity index (χ3v) is 2.44. The summed E-state index contributed by atoms with van der Waals surface area (Å²) in [6.45, 7) is 5.27. The first-order valence-corrected chi connectivity index (χ1v) is 5.61. The largest absolute Gasteiger partial charge is 0.464 e. The number of anilines is 1. The van der Waals surface area contributed by atoms with Gasteiger partial charge < -0.3 is 9.64 Å². The standard InChI is InChI=1S/C13H17NO3/c1-3-14(8-9-17-11(2)16)13-6-4-12(10-15)5-7-13/h4-7,10H,3,8-9H2,1-2H3. The minimum absolute atomic E-state index is 0.266. The Hall–Kier alpha value is -1.84. The minimum Gasteiger partial charge on any atom is -0.464 e. The molecule has 0 radical (unpaired) electrons. The van der Waals surface area contributed by atoms with E-state index >= 15 is 0 Å². The van der Waals surface area contributed by atoms with Gasteiger partial charge in [-0.3, -0.25) is 9.59 Å². The van der Waals surface area contributed by atoms with Crippen molar-refractivity contribution in [3.63, 3.8) is 0 Å². The Balaban J connectivity index is 2.59. The number of nitrogens with zero attached hydrogens (tertiary/aromatic N) is 1. The van der Waals surface area contributed by atoms with Crippen LogP contribution in [-0.4, -0.2) is 32.0 Å². The number of carbonyl (C=O) groups excluding carboxylic acids is 2. The molecule has 92 valence electrons. The lowest BCUT2D eigenvalue weighted by molar-refractivity contribution is -0.140. The molecule has 0 bridgehead atoms. The number of carbonyl (C=O) groups is 2. The van der Waals surface area contributed by atoms with Crippen LogP contribution in [0.4, 0.5) is 5.69 Å². The maximum Gasteiger partial charge on any atom is 0.302 e. The maximum atomic E-state index is 10.7. The molecule has 17 heavy (non-hydrogen) atoms. The molecule has 0 N–H and O–H groups in total. The molecule has 0 heterocycles. The van der Waals surface area contributed by atoms with Gasteiger partial charge in [-0.15, -0.1) is 0 Å². The van der Waals surface area contributed by atoms with Crippen molar-refractivity contribution >= 4 is 17.9 Å². The highest BCUT2D eigenvalue weighted by molar-refractivity contribution is 5.75. The second kappa shape index (κ2) is 6.68. The van der Waals surface area contributed by atoms with Crippen molar-refractivity contribution in [2.24, 2.45) is 0 Å². The van der Waals surface area contributed by atoms with Crippen LogP contribution in [0.15, 0.2) is 24.3 Å². The van der Waals surface area contributed by atoms with E-state index in [-0.39, 0.29) is 5.97 Å². The molecule has 1 aromatic rings. The van der Waals surface area contributed by atoms with E-state index in [0.717, 1.165) is 18.5 Å². The monoisotopic (exact) mass is 235 g/mol. The van der Waals surface area contributed by atoms with Crippen LogP contribution < -0.4 is 4.90 Å². The number of ether oxygens (including phenoxy) is 1. The fraction of sp³-hybridized carbons (Fsp3) is 0.385. The third-order valence-electron chi connectivity index (χ3n) is 2.44. The molecule has 4 nitrogen and oxygen atoms in total. The van der Waals surface area contributed by atoms with Crippen LogP contribution >= 0.6 is 0 Å². The molecule has 1 aromatic carbocycles. The molecule has 0 unspecified atom stereocenters. The Labute approximate surface area is 101 Å². The van der Waals surface area contributed by atoms with Gasteiger partial charge in [0, 0.05) is 24.7 Å². The first-order valence-electron chi connectivity index (χ1n) is 5.61. The van der Waals surface area contributed by atoms with Crippen LogP contribution in [0.25, 0.3) is 0 Å². The van der Waals surface area contributed by atoms with Crippen molar-refractivity contribution in [3.8, 4) is 0 Å². The van der Waals surface area contributed by atoms with Crippen molar-refractivity contribution in [1.29, 1.82) is 0 Å². The van der Waals surface area contributed by atoms with Crippen LogP contribution in [0.3, 0.4) is 0 Å². The lowest BCUT2D eigenvalue weighted by Crippen LogP contribution is -2.27. The summed E-state index contributed by atoms with van der Waals surface area (Å²) in [5.41, 5.74) is 1.68. The Kier molecular flexibility index (Phi) is 5.20. The highest BCUT2D eigenvalue weighted by Gasteiger charge is 2.04. The van der Waals surface area contributed by atoms with Crippen LogP contribution in [-0.2, 0) is 9.53 Å². The SMILES string of the molecule is CCN(CCOC(C)=O)c1ccc(C=O)cc1. The van der Waals surface area contributed by atoms with Gasteiger partial charge in [0.1, 0.15) is 12.9 Å². The summed E-state index contributed by atoms with van der Waals surface area (Å²) in [5.74, 6) is -0.266. The van der Waals surface area contributed by atoms with Crippen molar-refractivity contribution in [3.05, 3.63) is 29.8 Å². The van der Waals surface area contributed by atoms with Gasteiger partial charge in [-0.05, 0) is 31.2 Å². The number of hydrogen-bond donors (Lipinski definition) is 0. The van der Waals surface area contributed by atoms with E-state index in [0.29, 0.717) is 18.7 Å². The van der Waals surface area contributed by atoms with Crippen molar-refractivity contribution in [2.45, 2.75) is 13.8 Å². The quantitative estimate of drug-likeness (QED) is 0.558. The molecule has 0 aliphatic heterocycles. The zero-order valence-corrected chi connectivity index (χ0v) is 10.2. The van der Waals surface area contributed by atoms with Gasteiger partial charge in [-0.1, -0.05) is 0 Å². The number of rotatable bonds is 6. The molecule has 4 heteroatoms. The number of hydrogen-bond acceptors (Lipinski definition) is 4. The maximum absolute atomic E-state index is 10.7. The molecule has 0 atom stereocenters. The Bertz CT molecular complexity index is 373. The molecule has 0 fully saturated rings. The molecule has 0 aliphatic rings. The molecular weight excluding hydrogens is 218 g/mol. The molecule has 0 aliphatic carbocycles. The second-order valence-corrected chi connectivity index (χ2v) is 3.63. The molecule has 0 amide bonds. The molecule has 0 saturated heterocycles. The van der Waals surface area contributed by atoms with Gasteiger partial charge in [0.05, 0.1) is 6.54 Å². The first kappa shape index (κ1) is 13.2. The van der Waals surface area contributed by atoms with E-state index in [4.69, 9.17) is 4.74 Å². The number of benzene rings is 1. The summed E-state index contributed by atoms with van der Waals surface area (Å²) in [5, 5.41) is 0. The predicted octanol–water partition coefficient (Wildman–Crippen LogP) is 1.89. The van der Waals surface area contributed by atoms with Gasteiger partial charge in [-0.2, -0.15) is 0 Å². The lowest BCUT2D eigenvalue weighted by Gasteiger charge is -2.22. The molecule has 0 spiro atoms. The van der Waals surface area contributed by atoms with E-state index in [2.05, 4.69) is 4.90 Å². The second-order valence-electron chi connectivity index (χ2n) is 3.63. The molecule has 0 aromatic heterocycles. The summed E-state index contributed by atoms with van der Waals surface area (Å²) >= 11 is 0. The number of likely N-dealkylation sites (N-methyl/N-ethyl adjacent to an activating group) is 1. The summed E-state index contributed by atoms with van der Waals surface area (Å²) in [7, 11) is 0. The molecular formula is C13H17NO3. The highest BCUT2D eigenvalue weighted by atomic mass is 16.5. The summed E-state index contributed by atoms with van der Waals surface area (Å²) < 4.78 is 4.90. The Morgan fingerprint density at radius 2 is 2.00 bits per heavy atom.